The van der Waals surface area contributed by atoms with Gasteiger partial charge in [-0.25, -0.2) is 0 Å². The summed E-state index contributed by atoms with van der Waals surface area (Å²) in [4.78, 5) is 22.1. The number of nitrogens with zero attached hydrogens (tertiary/aromatic N) is 1. The molecule has 0 unspecified atom stereocenters. The van der Waals surface area contributed by atoms with Gasteiger partial charge in [0.2, 0.25) is 5.91 Å². The molecule has 1 rings (SSSR count). The lowest BCUT2D eigenvalue weighted by Crippen LogP contribution is -2.27. The molecule has 7 nitrogen and oxygen atoms in total. The van der Waals surface area contributed by atoms with Gasteiger partial charge in [-0.3, -0.25) is 14.9 Å². The minimum Gasteiger partial charge on any atom is -0.496 e. The highest BCUT2D eigenvalue weighted by molar-refractivity contribution is 5.93. The van der Waals surface area contributed by atoms with Crippen molar-refractivity contribution in [2.24, 2.45) is 0 Å². The molecular weight excluding hydrogens is 262 g/mol. The minimum absolute atomic E-state index is 0.172. The van der Waals surface area contributed by atoms with Crippen LogP contribution in [0.4, 0.5) is 11.4 Å². The zero-order valence-corrected chi connectivity index (χ0v) is 11.8. The molecule has 0 fully saturated rings. The molecule has 0 bridgehead atoms. The van der Waals surface area contributed by atoms with Gasteiger partial charge < -0.3 is 15.4 Å². The third kappa shape index (κ3) is 4.85. The number of anilines is 1. The summed E-state index contributed by atoms with van der Waals surface area (Å²) in [5.74, 6) is 0.0996. The van der Waals surface area contributed by atoms with Gasteiger partial charge in [-0.1, -0.05) is 13.8 Å². The molecule has 1 aromatic carbocycles. The van der Waals surface area contributed by atoms with Crippen LogP contribution in [0.5, 0.6) is 5.75 Å². The first-order valence-corrected chi connectivity index (χ1v) is 6.29. The Bertz CT molecular complexity index is 489. The fourth-order valence-electron chi connectivity index (χ4n) is 1.58. The molecule has 0 atom stereocenters. The van der Waals surface area contributed by atoms with E-state index < -0.39 is 4.92 Å². The van der Waals surface area contributed by atoms with Crippen molar-refractivity contribution in [3.8, 4) is 5.75 Å². The fraction of sp³-hybridized carbons (Fsp3) is 0.462. The SMILES string of the molecule is COc1ccc(NC(=O)CCNC(C)C)c([N+](=O)[O-])c1. The summed E-state index contributed by atoms with van der Waals surface area (Å²) < 4.78 is 4.93. The summed E-state index contributed by atoms with van der Waals surface area (Å²) in [6, 6.07) is 4.60. The van der Waals surface area contributed by atoms with Crippen molar-refractivity contribution in [2.75, 3.05) is 19.0 Å². The van der Waals surface area contributed by atoms with E-state index in [0.29, 0.717) is 12.3 Å². The predicted molar refractivity (Wildman–Crippen MR) is 76.0 cm³/mol. The summed E-state index contributed by atoms with van der Waals surface area (Å²) in [6.07, 6.45) is 0.251. The van der Waals surface area contributed by atoms with E-state index in [4.69, 9.17) is 4.74 Å². The van der Waals surface area contributed by atoms with Crippen LogP contribution in [-0.2, 0) is 4.79 Å². The maximum atomic E-state index is 11.7. The van der Waals surface area contributed by atoms with E-state index in [2.05, 4.69) is 10.6 Å². The van der Waals surface area contributed by atoms with E-state index in [9.17, 15) is 14.9 Å². The first-order chi connectivity index (χ1) is 9.43. The highest BCUT2D eigenvalue weighted by atomic mass is 16.6. The Hall–Kier alpha value is -2.15. The standard InChI is InChI=1S/C13H19N3O4/c1-9(2)14-7-6-13(17)15-11-5-4-10(20-3)8-12(11)16(18)19/h4-5,8-9,14H,6-7H2,1-3H3,(H,15,17). The predicted octanol–water partition coefficient (Wildman–Crippen LogP) is 1.93. The highest BCUT2D eigenvalue weighted by Gasteiger charge is 2.17. The molecule has 0 spiro atoms. The van der Waals surface area contributed by atoms with Crippen molar-refractivity contribution < 1.29 is 14.5 Å². The summed E-state index contributed by atoms with van der Waals surface area (Å²) in [5.41, 5.74) is -0.0140. The number of nitrogens with one attached hydrogen (secondary N) is 2. The van der Waals surface area contributed by atoms with Gasteiger partial charge in [0.1, 0.15) is 11.4 Å². The Morgan fingerprint density at radius 2 is 2.15 bits per heavy atom. The number of hydrogen-bond donors (Lipinski definition) is 2. The second kappa shape index (κ2) is 7.44. The number of amides is 1. The largest absolute Gasteiger partial charge is 0.496 e. The van der Waals surface area contributed by atoms with Gasteiger partial charge in [-0.2, -0.15) is 0 Å². The van der Waals surface area contributed by atoms with Crippen molar-refractivity contribution in [1.29, 1.82) is 0 Å². The number of ether oxygens (including phenoxy) is 1. The topological polar surface area (TPSA) is 93.5 Å². The summed E-state index contributed by atoms with van der Waals surface area (Å²) in [6.45, 7) is 4.48. The van der Waals surface area contributed by atoms with Gasteiger partial charge in [0.15, 0.2) is 0 Å². The van der Waals surface area contributed by atoms with Gasteiger partial charge in [-0.05, 0) is 12.1 Å². The molecule has 7 heteroatoms. The monoisotopic (exact) mass is 281 g/mol. The molecule has 1 aromatic rings. The molecule has 0 saturated carbocycles. The average molecular weight is 281 g/mol. The molecule has 2 N–H and O–H groups in total. The van der Waals surface area contributed by atoms with E-state index in [-0.39, 0.29) is 29.7 Å². The van der Waals surface area contributed by atoms with Crippen LogP contribution in [0.2, 0.25) is 0 Å². The second-order valence-corrected chi connectivity index (χ2v) is 4.55. The number of nitro benzene ring substituents is 1. The Morgan fingerprint density at radius 1 is 1.45 bits per heavy atom. The molecular formula is C13H19N3O4. The fourth-order valence-corrected chi connectivity index (χ4v) is 1.58. The molecule has 20 heavy (non-hydrogen) atoms. The zero-order valence-electron chi connectivity index (χ0n) is 11.8. The van der Waals surface area contributed by atoms with Crippen molar-refractivity contribution in [1.82, 2.24) is 5.32 Å². The number of benzene rings is 1. The number of nitro groups is 1. The van der Waals surface area contributed by atoms with E-state index in [1.54, 1.807) is 6.07 Å². The van der Waals surface area contributed by atoms with Gasteiger partial charge in [0.05, 0.1) is 18.1 Å². The summed E-state index contributed by atoms with van der Waals surface area (Å²) in [7, 11) is 1.43. The summed E-state index contributed by atoms with van der Waals surface area (Å²) >= 11 is 0. The Labute approximate surface area is 117 Å². The molecule has 0 radical (unpaired) electrons. The van der Waals surface area contributed by atoms with Crippen LogP contribution in [0.15, 0.2) is 18.2 Å². The Morgan fingerprint density at radius 3 is 2.70 bits per heavy atom. The van der Waals surface area contributed by atoms with Gasteiger partial charge >= 0.3 is 0 Å². The maximum absolute atomic E-state index is 11.7. The van der Waals surface area contributed by atoms with Crippen molar-refractivity contribution in [3.05, 3.63) is 28.3 Å². The maximum Gasteiger partial charge on any atom is 0.296 e. The second-order valence-electron chi connectivity index (χ2n) is 4.55. The van der Waals surface area contributed by atoms with E-state index in [0.717, 1.165) is 0 Å². The number of carbonyl (C=O) groups excluding carboxylic acids is 1. The van der Waals surface area contributed by atoms with Gasteiger partial charge in [0.25, 0.3) is 5.69 Å². The number of rotatable bonds is 7. The number of carbonyl (C=O) groups is 1. The molecule has 0 aliphatic rings. The van der Waals surface area contributed by atoms with Crippen LogP contribution in [0.3, 0.4) is 0 Å². The van der Waals surface area contributed by atoms with Crippen molar-refractivity contribution in [3.63, 3.8) is 0 Å². The number of methoxy groups -OCH3 is 1. The smallest absolute Gasteiger partial charge is 0.296 e. The van der Waals surface area contributed by atoms with Crippen LogP contribution in [0, 0.1) is 10.1 Å². The quantitative estimate of drug-likeness (QED) is 0.588. The van der Waals surface area contributed by atoms with Gasteiger partial charge in [0, 0.05) is 19.0 Å². The molecule has 0 saturated heterocycles. The van der Waals surface area contributed by atoms with Crippen LogP contribution in [0.1, 0.15) is 20.3 Å². The van der Waals surface area contributed by atoms with E-state index >= 15 is 0 Å². The zero-order chi connectivity index (χ0) is 15.1. The lowest BCUT2D eigenvalue weighted by Gasteiger charge is -2.09. The highest BCUT2D eigenvalue weighted by Crippen LogP contribution is 2.28. The third-order valence-electron chi connectivity index (χ3n) is 2.58. The summed E-state index contributed by atoms with van der Waals surface area (Å²) in [5, 5.41) is 16.6. The molecule has 0 aliphatic heterocycles. The molecule has 1 amide bonds. The normalized spacial score (nSPS) is 10.4. The van der Waals surface area contributed by atoms with Crippen molar-refractivity contribution in [2.45, 2.75) is 26.3 Å². The molecule has 0 aromatic heterocycles. The first-order valence-electron chi connectivity index (χ1n) is 6.29. The van der Waals surface area contributed by atoms with Crippen molar-refractivity contribution >= 4 is 17.3 Å². The third-order valence-corrected chi connectivity index (χ3v) is 2.58. The van der Waals surface area contributed by atoms with Gasteiger partial charge in [-0.15, -0.1) is 0 Å². The molecule has 0 aliphatic carbocycles. The minimum atomic E-state index is -0.551. The number of hydrogen-bond acceptors (Lipinski definition) is 5. The van der Waals surface area contributed by atoms with E-state index in [1.165, 1.54) is 19.2 Å². The van der Waals surface area contributed by atoms with Crippen LogP contribution in [-0.4, -0.2) is 30.5 Å². The van der Waals surface area contributed by atoms with Crippen LogP contribution in [0.25, 0.3) is 0 Å². The molecule has 110 valence electrons. The average Bonchev–Trinajstić information content (AvgIpc) is 2.38. The van der Waals surface area contributed by atoms with Crippen LogP contribution >= 0.6 is 0 Å². The Kier molecular flexibility index (Phi) is 5.92. The Balaban J connectivity index is 2.71. The lowest BCUT2D eigenvalue weighted by atomic mass is 10.2. The first kappa shape index (κ1) is 15.9. The van der Waals surface area contributed by atoms with E-state index in [1.807, 2.05) is 13.8 Å². The molecule has 0 heterocycles. The van der Waals surface area contributed by atoms with Crippen LogP contribution < -0.4 is 15.4 Å². The lowest BCUT2D eigenvalue weighted by molar-refractivity contribution is -0.384.